The van der Waals surface area contributed by atoms with Crippen LogP contribution in [0.5, 0.6) is 5.75 Å². The maximum absolute atomic E-state index is 5.83. The van der Waals surface area contributed by atoms with E-state index in [9.17, 15) is 0 Å². The van der Waals surface area contributed by atoms with E-state index in [2.05, 4.69) is 4.98 Å². The number of ether oxygens (including phenoxy) is 1. The third-order valence-corrected chi connectivity index (χ3v) is 2.65. The third kappa shape index (κ3) is 1.87. The second kappa shape index (κ2) is 3.96. The molecule has 1 aliphatic carbocycles. The SMILES string of the molecule is Cc1cc(OC2CCC2)c(CN)cn1. The van der Waals surface area contributed by atoms with Gasteiger partial charge in [-0.2, -0.15) is 0 Å². The fourth-order valence-electron chi connectivity index (χ4n) is 1.49. The smallest absolute Gasteiger partial charge is 0.127 e. The van der Waals surface area contributed by atoms with Crippen molar-refractivity contribution in [2.24, 2.45) is 5.73 Å². The van der Waals surface area contributed by atoms with E-state index in [0.29, 0.717) is 12.6 Å². The molecule has 3 heteroatoms. The molecule has 0 aromatic carbocycles. The van der Waals surface area contributed by atoms with Crippen LogP contribution in [-0.2, 0) is 6.54 Å². The molecule has 14 heavy (non-hydrogen) atoms. The van der Waals surface area contributed by atoms with Crippen molar-refractivity contribution in [2.45, 2.75) is 38.8 Å². The van der Waals surface area contributed by atoms with Gasteiger partial charge in [-0.05, 0) is 26.2 Å². The molecule has 76 valence electrons. The molecule has 2 N–H and O–H groups in total. The number of aryl methyl sites for hydroxylation is 1. The summed E-state index contributed by atoms with van der Waals surface area (Å²) in [6.07, 6.45) is 5.84. The Morgan fingerprint density at radius 3 is 2.93 bits per heavy atom. The van der Waals surface area contributed by atoms with Gasteiger partial charge in [-0.1, -0.05) is 0 Å². The van der Waals surface area contributed by atoms with E-state index in [1.165, 1.54) is 19.3 Å². The van der Waals surface area contributed by atoms with Crippen LogP contribution in [0.3, 0.4) is 0 Å². The van der Waals surface area contributed by atoms with Gasteiger partial charge in [0, 0.05) is 30.1 Å². The van der Waals surface area contributed by atoms with Crippen molar-refractivity contribution >= 4 is 0 Å². The molecule has 2 rings (SSSR count). The van der Waals surface area contributed by atoms with Crippen LogP contribution in [-0.4, -0.2) is 11.1 Å². The molecule has 0 saturated heterocycles. The lowest BCUT2D eigenvalue weighted by Crippen LogP contribution is -2.25. The number of hydrogen-bond donors (Lipinski definition) is 1. The minimum atomic E-state index is 0.405. The van der Waals surface area contributed by atoms with Crippen LogP contribution in [0.15, 0.2) is 12.3 Å². The molecule has 0 radical (unpaired) electrons. The molecule has 0 atom stereocenters. The van der Waals surface area contributed by atoms with Crippen LogP contribution < -0.4 is 10.5 Å². The van der Waals surface area contributed by atoms with Gasteiger partial charge in [0.15, 0.2) is 0 Å². The van der Waals surface area contributed by atoms with E-state index in [-0.39, 0.29) is 0 Å². The van der Waals surface area contributed by atoms with E-state index in [0.717, 1.165) is 17.0 Å². The van der Waals surface area contributed by atoms with Crippen LogP contribution in [0, 0.1) is 6.92 Å². The predicted molar refractivity (Wildman–Crippen MR) is 55.1 cm³/mol. The fourth-order valence-corrected chi connectivity index (χ4v) is 1.49. The number of hydrogen-bond acceptors (Lipinski definition) is 3. The Morgan fingerprint density at radius 1 is 1.57 bits per heavy atom. The van der Waals surface area contributed by atoms with Crippen molar-refractivity contribution < 1.29 is 4.74 Å². The van der Waals surface area contributed by atoms with Gasteiger partial charge in [0.1, 0.15) is 5.75 Å². The lowest BCUT2D eigenvalue weighted by molar-refractivity contribution is 0.119. The summed E-state index contributed by atoms with van der Waals surface area (Å²) < 4.78 is 5.83. The quantitative estimate of drug-likeness (QED) is 0.794. The third-order valence-electron chi connectivity index (χ3n) is 2.65. The first-order chi connectivity index (χ1) is 6.79. The fraction of sp³-hybridized carbons (Fsp3) is 0.545. The zero-order chi connectivity index (χ0) is 9.97. The van der Waals surface area contributed by atoms with Gasteiger partial charge in [-0.15, -0.1) is 0 Å². The summed E-state index contributed by atoms with van der Waals surface area (Å²) in [5, 5.41) is 0. The molecule has 0 unspecified atom stereocenters. The standard InChI is InChI=1S/C11H16N2O/c1-8-5-11(9(6-12)7-13-8)14-10-3-2-4-10/h5,7,10H,2-4,6,12H2,1H3. The first-order valence-electron chi connectivity index (χ1n) is 5.12. The molecule has 1 aromatic heterocycles. The number of nitrogens with zero attached hydrogens (tertiary/aromatic N) is 1. The van der Waals surface area contributed by atoms with Crippen molar-refractivity contribution in [2.75, 3.05) is 0 Å². The Bertz CT molecular complexity index is 321. The Balaban J connectivity index is 2.15. The summed E-state index contributed by atoms with van der Waals surface area (Å²) in [4.78, 5) is 4.20. The van der Waals surface area contributed by atoms with Gasteiger partial charge in [0.05, 0.1) is 6.10 Å². The van der Waals surface area contributed by atoms with Crippen molar-refractivity contribution in [3.05, 3.63) is 23.5 Å². The van der Waals surface area contributed by atoms with Crippen LogP contribution in [0.25, 0.3) is 0 Å². The summed E-state index contributed by atoms with van der Waals surface area (Å²) in [6, 6.07) is 1.97. The number of rotatable bonds is 3. The maximum atomic E-state index is 5.83. The molecule has 1 fully saturated rings. The van der Waals surface area contributed by atoms with Crippen LogP contribution >= 0.6 is 0 Å². The van der Waals surface area contributed by atoms with E-state index in [4.69, 9.17) is 10.5 Å². The molecule has 3 nitrogen and oxygen atoms in total. The minimum Gasteiger partial charge on any atom is -0.490 e. The highest BCUT2D eigenvalue weighted by Gasteiger charge is 2.20. The Kier molecular flexibility index (Phi) is 2.68. The Morgan fingerprint density at radius 2 is 2.36 bits per heavy atom. The molecule has 0 amide bonds. The summed E-state index contributed by atoms with van der Waals surface area (Å²) in [5.41, 5.74) is 7.60. The highest BCUT2D eigenvalue weighted by Crippen LogP contribution is 2.27. The summed E-state index contributed by atoms with van der Waals surface area (Å²) in [5.74, 6) is 0.921. The molecule has 0 aliphatic heterocycles. The molecule has 1 heterocycles. The lowest BCUT2D eigenvalue weighted by atomic mass is 9.96. The molecule has 0 spiro atoms. The molecular weight excluding hydrogens is 176 g/mol. The van der Waals surface area contributed by atoms with Gasteiger partial charge in [-0.3, -0.25) is 4.98 Å². The summed E-state index contributed by atoms with van der Waals surface area (Å²) in [6.45, 7) is 2.46. The summed E-state index contributed by atoms with van der Waals surface area (Å²) in [7, 11) is 0. The zero-order valence-corrected chi connectivity index (χ0v) is 8.49. The van der Waals surface area contributed by atoms with E-state index < -0.39 is 0 Å². The molecule has 1 saturated carbocycles. The van der Waals surface area contributed by atoms with Gasteiger partial charge in [0.25, 0.3) is 0 Å². The second-order valence-corrected chi connectivity index (χ2v) is 3.81. The van der Waals surface area contributed by atoms with Crippen molar-refractivity contribution in [3.63, 3.8) is 0 Å². The highest BCUT2D eigenvalue weighted by atomic mass is 16.5. The van der Waals surface area contributed by atoms with E-state index in [1.54, 1.807) is 0 Å². The Labute approximate surface area is 84.3 Å². The van der Waals surface area contributed by atoms with E-state index >= 15 is 0 Å². The van der Waals surface area contributed by atoms with Gasteiger partial charge in [-0.25, -0.2) is 0 Å². The van der Waals surface area contributed by atoms with Gasteiger partial charge < -0.3 is 10.5 Å². The molecule has 0 bridgehead atoms. The largest absolute Gasteiger partial charge is 0.490 e. The van der Waals surface area contributed by atoms with Gasteiger partial charge in [0.2, 0.25) is 0 Å². The highest BCUT2D eigenvalue weighted by molar-refractivity contribution is 5.33. The Hall–Kier alpha value is -1.09. The molecular formula is C11H16N2O. The second-order valence-electron chi connectivity index (χ2n) is 3.81. The number of aromatic nitrogens is 1. The van der Waals surface area contributed by atoms with Crippen LogP contribution in [0.4, 0.5) is 0 Å². The molecule has 1 aromatic rings. The van der Waals surface area contributed by atoms with Crippen molar-refractivity contribution in [1.82, 2.24) is 4.98 Å². The zero-order valence-electron chi connectivity index (χ0n) is 8.49. The molecule has 1 aliphatic rings. The minimum absolute atomic E-state index is 0.405. The monoisotopic (exact) mass is 192 g/mol. The van der Waals surface area contributed by atoms with Crippen LogP contribution in [0.1, 0.15) is 30.5 Å². The lowest BCUT2D eigenvalue weighted by Gasteiger charge is -2.27. The average molecular weight is 192 g/mol. The van der Waals surface area contributed by atoms with Gasteiger partial charge >= 0.3 is 0 Å². The van der Waals surface area contributed by atoms with Crippen molar-refractivity contribution in [3.8, 4) is 5.75 Å². The number of pyridine rings is 1. The summed E-state index contributed by atoms with van der Waals surface area (Å²) >= 11 is 0. The van der Waals surface area contributed by atoms with E-state index in [1.807, 2.05) is 19.2 Å². The topological polar surface area (TPSA) is 48.1 Å². The normalized spacial score (nSPS) is 16.4. The maximum Gasteiger partial charge on any atom is 0.127 e. The first kappa shape index (κ1) is 9.46. The first-order valence-corrected chi connectivity index (χ1v) is 5.12. The number of nitrogens with two attached hydrogens (primary N) is 1. The predicted octanol–water partition coefficient (Wildman–Crippen LogP) is 1.78. The van der Waals surface area contributed by atoms with Crippen LogP contribution in [0.2, 0.25) is 0 Å². The average Bonchev–Trinajstić information content (AvgIpc) is 2.12. The van der Waals surface area contributed by atoms with Crippen molar-refractivity contribution in [1.29, 1.82) is 0 Å².